The van der Waals surface area contributed by atoms with E-state index in [1.165, 1.54) is 16.3 Å². The van der Waals surface area contributed by atoms with Crippen molar-refractivity contribution >= 4 is 10.8 Å². The van der Waals surface area contributed by atoms with Crippen molar-refractivity contribution in [1.29, 1.82) is 0 Å². The largest absolute Gasteiger partial charge is 0.493 e. The zero-order valence-corrected chi connectivity index (χ0v) is 16.7. The standard InChI is InChI=1S/C24H29NO2/c1-17-14-25-22(13-23(17)27-16-24(2,3)4)20(15-26)12-19-10-7-9-18-8-5-6-11-21(18)19/h5-11,13-14,20,26H,12,15-16H2,1-4H3. The van der Waals surface area contributed by atoms with Gasteiger partial charge in [0.25, 0.3) is 0 Å². The summed E-state index contributed by atoms with van der Waals surface area (Å²) >= 11 is 0. The molecule has 1 N–H and O–H groups in total. The number of aliphatic hydroxyl groups is 1. The van der Waals surface area contributed by atoms with Crippen molar-refractivity contribution in [3.05, 3.63) is 71.5 Å². The number of hydrogen-bond donors (Lipinski definition) is 1. The zero-order chi connectivity index (χ0) is 19.4. The van der Waals surface area contributed by atoms with Crippen LogP contribution in [0, 0.1) is 12.3 Å². The van der Waals surface area contributed by atoms with E-state index in [0.717, 1.165) is 23.4 Å². The van der Waals surface area contributed by atoms with Gasteiger partial charge in [-0.2, -0.15) is 0 Å². The molecule has 1 atom stereocenters. The number of nitrogens with zero attached hydrogens (tertiary/aromatic N) is 1. The highest BCUT2D eigenvalue weighted by Gasteiger charge is 2.18. The molecule has 3 nitrogen and oxygen atoms in total. The van der Waals surface area contributed by atoms with Gasteiger partial charge in [0.2, 0.25) is 0 Å². The van der Waals surface area contributed by atoms with Crippen LogP contribution in [-0.4, -0.2) is 23.3 Å². The number of aliphatic hydroxyl groups excluding tert-OH is 1. The molecule has 0 aliphatic heterocycles. The van der Waals surface area contributed by atoms with Gasteiger partial charge in [0.15, 0.2) is 0 Å². The molecule has 3 heteroatoms. The fraction of sp³-hybridized carbons (Fsp3) is 0.375. The second-order valence-electron chi connectivity index (χ2n) is 8.45. The maximum absolute atomic E-state index is 10.1. The topological polar surface area (TPSA) is 42.4 Å². The van der Waals surface area contributed by atoms with Crippen LogP contribution >= 0.6 is 0 Å². The Morgan fingerprint density at radius 3 is 2.56 bits per heavy atom. The molecule has 0 radical (unpaired) electrons. The lowest BCUT2D eigenvalue weighted by molar-refractivity contribution is 0.196. The summed E-state index contributed by atoms with van der Waals surface area (Å²) in [4.78, 5) is 4.59. The summed E-state index contributed by atoms with van der Waals surface area (Å²) in [7, 11) is 0. The predicted octanol–water partition coefficient (Wildman–Crippen LogP) is 5.29. The Labute approximate surface area is 162 Å². The number of hydrogen-bond acceptors (Lipinski definition) is 3. The number of fused-ring (bicyclic) bond motifs is 1. The number of rotatable bonds is 6. The van der Waals surface area contributed by atoms with Crippen LogP contribution in [0.1, 0.15) is 43.5 Å². The van der Waals surface area contributed by atoms with Crippen molar-refractivity contribution in [2.45, 2.75) is 40.0 Å². The van der Waals surface area contributed by atoms with Crippen LogP contribution in [0.4, 0.5) is 0 Å². The van der Waals surface area contributed by atoms with Crippen molar-refractivity contribution in [1.82, 2.24) is 4.98 Å². The molecule has 3 aromatic rings. The van der Waals surface area contributed by atoms with Crippen molar-refractivity contribution in [2.24, 2.45) is 5.41 Å². The Kier molecular flexibility index (Phi) is 5.81. The normalized spacial score (nSPS) is 12.9. The van der Waals surface area contributed by atoms with Gasteiger partial charge in [-0.15, -0.1) is 0 Å². The number of pyridine rings is 1. The summed E-state index contributed by atoms with van der Waals surface area (Å²) in [5, 5.41) is 12.5. The molecular formula is C24H29NO2. The molecule has 0 fully saturated rings. The molecule has 0 aliphatic carbocycles. The zero-order valence-electron chi connectivity index (χ0n) is 16.7. The first-order chi connectivity index (χ1) is 12.9. The summed E-state index contributed by atoms with van der Waals surface area (Å²) in [6, 6.07) is 16.7. The van der Waals surface area contributed by atoms with Crippen LogP contribution in [-0.2, 0) is 6.42 Å². The fourth-order valence-electron chi connectivity index (χ4n) is 3.19. The third-order valence-electron chi connectivity index (χ3n) is 4.72. The maximum atomic E-state index is 10.1. The van der Waals surface area contributed by atoms with Crippen molar-refractivity contribution < 1.29 is 9.84 Å². The first-order valence-electron chi connectivity index (χ1n) is 9.54. The number of aromatic nitrogens is 1. The van der Waals surface area contributed by atoms with Gasteiger partial charge in [0.1, 0.15) is 5.75 Å². The molecule has 3 rings (SSSR count). The Morgan fingerprint density at radius 2 is 1.81 bits per heavy atom. The molecule has 142 valence electrons. The van der Waals surface area contributed by atoms with Gasteiger partial charge in [0, 0.05) is 29.4 Å². The van der Waals surface area contributed by atoms with E-state index in [0.29, 0.717) is 6.61 Å². The third kappa shape index (κ3) is 4.86. The molecule has 0 spiro atoms. The summed E-state index contributed by atoms with van der Waals surface area (Å²) in [6.07, 6.45) is 2.59. The minimum absolute atomic E-state index is 0.0536. The Bertz CT molecular complexity index is 906. The van der Waals surface area contributed by atoms with Gasteiger partial charge in [-0.3, -0.25) is 4.98 Å². The minimum atomic E-state index is -0.0617. The molecule has 1 heterocycles. The quantitative estimate of drug-likeness (QED) is 0.647. The summed E-state index contributed by atoms with van der Waals surface area (Å²) in [5.41, 5.74) is 3.21. The summed E-state index contributed by atoms with van der Waals surface area (Å²) < 4.78 is 6.04. The van der Waals surface area contributed by atoms with Crippen LogP contribution in [0.15, 0.2) is 54.7 Å². The second-order valence-corrected chi connectivity index (χ2v) is 8.45. The van der Waals surface area contributed by atoms with E-state index in [1.807, 2.05) is 19.2 Å². The van der Waals surface area contributed by atoms with E-state index in [9.17, 15) is 5.11 Å². The second kappa shape index (κ2) is 8.10. The molecule has 0 aliphatic rings. The van der Waals surface area contributed by atoms with Crippen molar-refractivity contribution in [3.8, 4) is 5.75 Å². The van der Waals surface area contributed by atoms with Gasteiger partial charge in [-0.1, -0.05) is 63.2 Å². The van der Waals surface area contributed by atoms with E-state index in [4.69, 9.17) is 4.74 Å². The van der Waals surface area contributed by atoms with Gasteiger partial charge < -0.3 is 9.84 Å². The number of benzene rings is 2. The van der Waals surface area contributed by atoms with E-state index in [-0.39, 0.29) is 17.9 Å². The van der Waals surface area contributed by atoms with Gasteiger partial charge in [0.05, 0.1) is 13.2 Å². The number of ether oxygens (including phenoxy) is 1. The first-order valence-corrected chi connectivity index (χ1v) is 9.54. The van der Waals surface area contributed by atoms with Gasteiger partial charge in [-0.05, 0) is 35.1 Å². The van der Waals surface area contributed by atoms with E-state index >= 15 is 0 Å². The monoisotopic (exact) mass is 363 g/mol. The lowest BCUT2D eigenvalue weighted by atomic mass is 9.92. The van der Waals surface area contributed by atoms with Gasteiger partial charge >= 0.3 is 0 Å². The highest BCUT2D eigenvalue weighted by Crippen LogP contribution is 2.28. The smallest absolute Gasteiger partial charge is 0.125 e. The summed E-state index contributed by atoms with van der Waals surface area (Å²) in [6.45, 7) is 9.17. The molecule has 0 saturated carbocycles. The SMILES string of the molecule is Cc1cnc(C(CO)Cc2cccc3ccccc23)cc1OCC(C)(C)C. The Balaban J connectivity index is 1.87. The van der Waals surface area contributed by atoms with Crippen LogP contribution in [0.2, 0.25) is 0 Å². The number of aryl methyl sites for hydroxylation is 1. The average molecular weight is 364 g/mol. The molecule has 2 aromatic carbocycles. The first kappa shape index (κ1) is 19.4. The lowest BCUT2D eigenvalue weighted by Gasteiger charge is -2.21. The van der Waals surface area contributed by atoms with Gasteiger partial charge in [-0.25, -0.2) is 0 Å². The van der Waals surface area contributed by atoms with E-state index in [2.05, 4.69) is 68.2 Å². The average Bonchev–Trinajstić information content (AvgIpc) is 2.65. The van der Waals surface area contributed by atoms with Crippen molar-refractivity contribution in [2.75, 3.05) is 13.2 Å². The van der Waals surface area contributed by atoms with Crippen LogP contribution in [0.25, 0.3) is 10.8 Å². The molecule has 1 unspecified atom stereocenters. The third-order valence-corrected chi connectivity index (χ3v) is 4.72. The van der Waals surface area contributed by atoms with E-state index < -0.39 is 0 Å². The van der Waals surface area contributed by atoms with Crippen LogP contribution < -0.4 is 4.74 Å². The molecule has 0 saturated heterocycles. The van der Waals surface area contributed by atoms with Crippen molar-refractivity contribution in [3.63, 3.8) is 0 Å². The maximum Gasteiger partial charge on any atom is 0.125 e. The Morgan fingerprint density at radius 1 is 1.07 bits per heavy atom. The molecule has 27 heavy (non-hydrogen) atoms. The Hall–Kier alpha value is -2.39. The van der Waals surface area contributed by atoms with E-state index in [1.54, 1.807) is 0 Å². The molecule has 0 bridgehead atoms. The molecular weight excluding hydrogens is 334 g/mol. The summed E-state index contributed by atoms with van der Waals surface area (Å²) in [5.74, 6) is 0.791. The lowest BCUT2D eigenvalue weighted by Crippen LogP contribution is -2.18. The minimum Gasteiger partial charge on any atom is -0.493 e. The predicted molar refractivity (Wildman–Crippen MR) is 111 cm³/mol. The molecule has 0 amide bonds. The fourth-order valence-corrected chi connectivity index (χ4v) is 3.19. The highest BCUT2D eigenvalue weighted by atomic mass is 16.5. The van der Waals surface area contributed by atoms with Crippen LogP contribution in [0.3, 0.4) is 0 Å². The van der Waals surface area contributed by atoms with Crippen LogP contribution in [0.5, 0.6) is 5.75 Å². The molecule has 1 aromatic heterocycles. The highest BCUT2D eigenvalue weighted by molar-refractivity contribution is 5.85.